The van der Waals surface area contributed by atoms with Crippen molar-refractivity contribution in [1.29, 1.82) is 0 Å². The summed E-state index contributed by atoms with van der Waals surface area (Å²) in [4.78, 5) is 8.56. The van der Waals surface area contributed by atoms with Crippen LogP contribution in [-0.4, -0.2) is 53.6 Å². The van der Waals surface area contributed by atoms with Gasteiger partial charge >= 0.3 is 0 Å². The molecule has 124 valence electrons. The molecule has 2 N–H and O–H groups in total. The number of aromatic nitrogens is 3. The van der Waals surface area contributed by atoms with Crippen molar-refractivity contribution in [1.82, 2.24) is 25.4 Å². The minimum absolute atomic E-state index is 0.0844. The van der Waals surface area contributed by atoms with Crippen LogP contribution in [0, 0.1) is 5.41 Å². The Hall–Kier alpha value is -1.63. The SMILES string of the molecule is CN=C(NCC(OC)C(C)(C)C)NC1CCc2ncnn2C1. The zero-order valence-electron chi connectivity index (χ0n) is 14.3. The van der Waals surface area contributed by atoms with Crippen molar-refractivity contribution in [2.75, 3.05) is 20.7 Å². The van der Waals surface area contributed by atoms with Crippen molar-refractivity contribution in [3.63, 3.8) is 0 Å². The molecule has 1 aromatic heterocycles. The number of methoxy groups -OCH3 is 1. The lowest BCUT2D eigenvalue weighted by Gasteiger charge is -2.31. The van der Waals surface area contributed by atoms with Crippen LogP contribution < -0.4 is 10.6 Å². The smallest absolute Gasteiger partial charge is 0.191 e. The largest absolute Gasteiger partial charge is 0.379 e. The molecule has 7 nitrogen and oxygen atoms in total. The Labute approximate surface area is 132 Å². The fraction of sp³-hybridized carbons (Fsp3) is 0.800. The van der Waals surface area contributed by atoms with Gasteiger partial charge in [0.1, 0.15) is 12.2 Å². The second kappa shape index (κ2) is 7.09. The minimum atomic E-state index is 0.0844. The van der Waals surface area contributed by atoms with Gasteiger partial charge in [-0.05, 0) is 11.8 Å². The van der Waals surface area contributed by atoms with Crippen LogP contribution in [0.4, 0.5) is 0 Å². The number of aryl methyl sites for hydroxylation is 1. The van der Waals surface area contributed by atoms with Gasteiger partial charge < -0.3 is 15.4 Å². The predicted molar refractivity (Wildman–Crippen MR) is 86.9 cm³/mol. The Morgan fingerprint density at radius 2 is 2.32 bits per heavy atom. The summed E-state index contributed by atoms with van der Waals surface area (Å²) in [7, 11) is 3.54. The third-order valence-electron chi connectivity index (χ3n) is 4.08. The topological polar surface area (TPSA) is 76.4 Å². The van der Waals surface area contributed by atoms with E-state index in [4.69, 9.17) is 4.74 Å². The highest BCUT2D eigenvalue weighted by Gasteiger charge is 2.25. The van der Waals surface area contributed by atoms with Gasteiger partial charge in [-0.25, -0.2) is 9.67 Å². The maximum Gasteiger partial charge on any atom is 0.191 e. The summed E-state index contributed by atoms with van der Waals surface area (Å²) in [5.74, 6) is 1.87. The number of fused-ring (bicyclic) bond motifs is 1. The maximum absolute atomic E-state index is 5.57. The summed E-state index contributed by atoms with van der Waals surface area (Å²) < 4.78 is 7.53. The molecule has 22 heavy (non-hydrogen) atoms. The Balaban J connectivity index is 1.86. The molecule has 0 fully saturated rings. The zero-order valence-corrected chi connectivity index (χ0v) is 14.3. The number of guanidine groups is 1. The predicted octanol–water partition coefficient (Wildman–Crippen LogP) is 0.819. The molecular formula is C15H28N6O. The van der Waals surface area contributed by atoms with Gasteiger partial charge in [0, 0.05) is 33.2 Å². The molecule has 2 unspecified atom stereocenters. The van der Waals surface area contributed by atoms with Gasteiger partial charge in [0.25, 0.3) is 0 Å². The van der Waals surface area contributed by atoms with Gasteiger partial charge in [0.15, 0.2) is 5.96 Å². The molecule has 7 heteroatoms. The lowest BCUT2D eigenvalue weighted by molar-refractivity contribution is 0.0205. The van der Waals surface area contributed by atoms with Gasteiger partial charge in [-0.3, -0.25) is 4.99 Å². The van der Waals surface area contributed by atoms with E-state index in [-0.39, 0.29) is 11.5 Å². The molecular weight excluding hydrogens is 280 g/mol. The number of nitrogens with zero attached hydrogens (tertiary/aromatic N) is 4. The molecule has 0 spiro atoms. The van der Waals surface area contributed by atoms with E-state index in [9.17, 15) is 0 Å². The van der Waals surface area contributed by atoms with E-state index in [0.717, 1.165) is 37.7 Å². The number of ether oxygens (including phenoxy) is 1. The first-order valence-electron chi connectivity index (χ1n) is 7.80. The number of hydrogen-bond donors (Lipinski definition) is 2. The van der Waals surface area contributed by atoms with Crippen LogP contribution in [0.25, 0.3) is 0 Å². The van der Waals surface area contributed by atoms with E-state index in [1.54, 1.807) is 20.5 Å². The van der Waals surface area contributed by atoms with Crippen molar-refractivity contribution in [2.45, 2.75) is 52.3 Å². The molecule has 1 aliphatic rings. The van der Waals surface area contributed by atoms with Crippen molar-refractivity contribution < 1.29 is 4.74 Å². The first-order valence-corrected chi connectivity index (χ1v) is 7.80. The average molecular weight is 308 g/mol. The van der Waals surface area contributed by atoms with Gasteiger partial charge in [-0.15, -0.1) is 0 Å². The molecule has 0 saturated heterocycles. The van der Waals surface area contributed by atoms with E-state index in [0.29, 0.717) is 6.04 Å². The average Bonchev–Trinajstić information content (AvgIpc) is 2.92. The normalized spacial score (nSPS) is 20.4. The molecule has 2 atom stereocenters. The number of hydrogen-bond acceptors (Lipinski definition) is 4. The van der Waals surface area contributed by atoms with Crippen LogP contribution in [0.3, 0.4) is 0 Å². The molecule has 0 radical (unpaired) electrons. The van der Waals surface area contributed by atoms with Crippen LogP contribution in [0.1, 0.15) is 33.0 Å². The molecule has 1 aliphatic heterocycles. The molecule has 0 aromatic carbocycles. The fourth-order valence-corrected chi connectivity index (χ4v) is 2.68. The summed E-state index contributed by atoms with van der Waals surface area (Å²) in [5.41, 5.74) is 0.0844. The van der Waals surface area contributed by atoms with Gasteiger partial charge in [0.05, 0.1) is 12.6 Å². The van der Waals surface area contributed by atoms with Crippen molar-refractivity contribution in [3.05, 3.63) is 12.2 Å². The summed E-state index contributed by atoms with van der Waals surface area (Å²) in [6.45, 7) is 8.06. The quantitative estimate of drug-likeness (QED) is 0.636. The van der Waals surface area contributed by atoms with Crippen LogP contribution >= 0.6 is 0 Å². The molecule has 0 bridgehead atoms. The van der Waals surface area contributed by atoms with Gasteiger partial charge in [-0.1, -0.05) is 20.8 Å². The first-order chi connectivity index (χ1) is 10.4. The third kappa shape index (κ3) is 4.19. The monoisotopic (exact) mass is 308 g/mol. The zero-order chi connectivity index (χ0) is 16.2. The van der Waals surface area contributed by atoms with Gasteiger partial charge in [0.2, 0.25) is 0 Å². The highest BCUT2D eigenvalue weighted by atomic mass is 16.5. The lowest BCUT2D eigenvalue weighted by atomic mass is 9.89. The summed E-state index contributed by atoms with van der Waals surface area (Å²) in [6.07, 6.45) is 3.72. The molecule has 0 saturated carbocycles. The fourth-order valence-electron chi connectivity index (χ4n) is 2.68. The van der Waals surface area contributed by atoms with E-state index < -0.39 is 0 Å². The second-order valence-electron chi connectivity index (χ2n) is 6.78. The van der Waals surface area contributed by atoms with Crippen molar-refractivity contribution in [3.8, 4) is 0 Å². The number of nitrogens with one attached hydrogen (secondary N) is 2. The minimum Gasteiger partial charge on any atom is -0.379 e. The van der Waals surface area contributed by atoms with Crippen LogP contribution in [0.2, 0.25) is 0 Å². The van der Waals surface area contributed by atoms with Crippen LogP contribution in [0.15, 0.2) is 11.3 Å². The highest BCUT2D eigenvalue weighted by Crippen LogP contribution is 2.21. The Bertz CT molecular complexity index is 504. The van der Waals surface area contributed by atoms with Crippen molar-refractivity contribution >= 4 is 5.96 Å². The lowest BCUT2D eigenvalue weighted by Crippen LogP contribution is -2.50. The summed E-state index contributed by atoms with van der Waals surface area (Å²) in [6, 6.07) is 0.316. The van der Waals surface area contributed by atoms with Crippen molar-refractivity contribution in [2.24, 2.45) is 10.4 Å². The first kappa shape index (κ1) is 16.7. The number of aliphatic imine (C=N–C) groups is 1. The molecule has 0 aliphatic carbocycles. The maximum atomic E-state index is 5.57. The molecule has 1 aromatic rings. The van der Waals surface area contributed by atoms with E-state index in [2.05, 4.69) is 46.5 Å². The molecule has 0 amide bonds. The molecule has 2 heterocycles. The van der Waals surface area contributed by atoms with Gasteiger partial charge in [-0.2, -0.15) is 5.10 Å². The summed E-state index contributed by atoms with van der Waals surface area (Å²) in [5, 5.41) is 11.1. The van der Waals surface area contributed by atoms with E-state index >= 15 is 0 Å². The van der Waals surface area contributed by atoms with E-state index in [1.807, 2.05) is 4.68 Å². The standard InChI is InChI=1S/C15H28N6O/c1-15(2,3)12(22-5)8-17-14(16-4)20-11-6-7-13-18-10-19-21(13)9-11/h10-12H,6-9H2,1-5H3,(H2,16,17,20). The third-order valence-corrected chi connectivity index (χ3v) is 4.08. The molecule has 2 rings (SSSR count). The van der Waals surface area contributed by atoms with Crippen LogP contribution in [-0.2, 0) is 17.7 Å². The highest BCUT2D eigenvalue weighted by molar-refractivity contribution is 5.80. The van der Waals surface area contributed by atoms with E-state index in [1.165, 1.54) is 0 Å². The Morgan fingerprint density at radius 3 is 2.95 bits per heavy atom. The summed E-state index contributed by atoms with van der Waals surface area (Å²) >= 11 is 0. The second-order valence-corrected chi connectivity index (χ2v) is 6.78. The van der Waals surface area contributed by atoms with Crippen LogP contribution in [0.5, 0.6) is 0 Å². The Morgan fingerprint density at radius 1 is 1.55 bits per heavy atom. The Kier molecular flexibility index (Phi) is 5.39. The number of rotatable bonds is 4.